The summed E-state index contributed by atoms with van der Waals surface area (Å²) >= 11 is 1.10. The van der Waals surface area contributed by atoms with Crippen LogP contribution in [0.3, 0.4) is 0 Å². The molecule has 142 valence electrons. The summed E-state index contributed by atoms with van der Waals surface area (Å²) in [4.78, 5) is 41.0. The fourth-order valence-electron chi connectivity index (χ4n) is 2.81. The van der Waals surface area contributed by atoms with Crippen LogP contribution >= 0.6 is 11.8 Å². The van der Waals surface area contributed by atoms with Crippen molar-refractivity contribution in [2.24, 2.45) is 4.99 Å². The Labute approximate surface area is 207 Å². The van der Waals surface area contributed by atoms with Crippen molar-refractivity contribution >= 4 is 35.5 Å². The van der Waals surface area contributed by atoms with E-state index in [9.17, 15) is 24.6 Å². The average Bonchev–Trinajstić information content (AvgIpc) is 2.69. The maximum Gasteiger partial charge on any atom is 1.00 e. The van der Waals surface area contributed by atoms with Gasteiger partial charge in [0.1, 0.15) is 17.7 Å². The molecule has 0 bridgehead atoms. The van der Waals surface area contributed by atoms with Gasteiger partial charge in [0.2, 0.25) is 0 Å². The third-order valence-electron chi connectivity index (χ3n) is 4.13. The van der Waals surface area contributed by atoms with Crippen LogP contribution in [0.25, 0.3) is 0 Å². The maximum absolute atomic E-state index is 12.5. The minimum atomic E-state index is -2.25. The van der Waals surface area contributed by atoms with Gasteiger partial charge in [0.15, 0.2) is 6.04 Å². The fourth-order valence-corrected chi connectivity index (χ4v) is 3.97. The van der Waals surface area contributed by atoms with Crippen molar-refractivity contribution in [1.29, 1.82) is 0 Å². The smallest absolute Gasteiger partial charge is 0.860 e. The molecule has 1 amide bonds. The van der Waals surface area contributed by atoms with Crippen molar-refractivity contribution in [3.8, 4) is 5.75 Å². The predicted octanol–water partition coefficient (Wildman–Crippen LogP) is -3.38. The number of benzene rings is 1. The number of nitrogens with zero attached hydrogens (tertiary/aromatic N) is 2. The number of aliphatic carboxylic acids is 1. The summed E-state index contributed by atoms with van der Waals surface area (Å²) < 4.78 is 9.85. The van der Waals surface area contributed by atoms with Gasteiger partial charge in [-0.15, -0.1) is 11.8 Å². The predicted molar refractivity (Wildman–Crippen MR) is 92.9 cm³/mol. The molecule has 28 heavy (non-hydrogen) atoms. The number of rotatable bonds is 6. The zero-order valence-electron chi connectivity index (χ0n) is 15.1. The maximum atomic E-state index is 12.5. The standard InChI is InChI=1S/C17H16N2O7S.K/c1-25-16(24)17(15(22)23)7-8-27-14-12(13(21)19(14)17)18-11(20)9-26-10-5-3-2-4-6-10;/h2-8,12,14H,9H2,1H3,(H,18,20)(H,22,23);/q;+1/p-1/t12-,14-,17?;/m1./s1. The van der Waals surface area contributed by atoms with Crippen LogP contribution in [-0.4, -0.2) is 64.4 Å². The number of esters is 1. The number of methoxy groups -OCH3 is 1. The molecule has 1 aromatic carbocycles. The molecule has 0 saturated carbocycles. The first-order valence-corrected chi connectivity index (χ1v) is 8.75. The number of β-lactam (4-membered cyclic amide) rings is 1. The van der Waals surface area contributed by atoms with Crippen LogP contribution in [-0.2, 0) is 19.1 Å². The van der Waals surface area contributed by atoms with Crippen LogP contribution in [0.1, 0.15) is 0 Å². The van der Waals surface area contributed by atoms with Gasteiger partial charge in [0.25, 0.3) is 11.4 Å². The molecule has 1 saturated heterocycles. The van der Waals surface area contributed by atoms with Crippen LogP contribution in [0.4, 0.5) is 0 Å². The first kappa shape index (κ1) is 22.9. The molecule has 11 heteroatoms. The number of hydrogen-bond donors (Lipinski definition) is 1. The van der Waals surface area contributed by atoms with Crippen molar-refractivity contribution in [3.05, 3.63) is 41.8 Å². The molecule has 9 nitrogen and oxygen atoms in total. The molecule has 2 aliphatic heterocycles. The molecule has 3 rings (SSSR count). The third-order valence-corrected chi connectivity index (χ3v) is 5.17. The van der Waals surface area contributed by atoms with E-state index in [-0.39, 0.29) is 58.0 Å². The first-order chi connectivity index (χ1) is 12.9. The summed E-state index contributed by atoms with van der Waals surface area (Å²) in [5.41, 5.74) is -2.25. The second-order valence-corrected chi connectivity index (χ2v) is 6.70. The summed E-state index contributed by atoms with van der Waals surface area (Å²) in [5.74, 6) is -3.56. The molecular formula is C17H15KN2O7S. The van der Waals surface area contributed by atoms with E-state index in [0.29, 0.717) is 5.75 Å². The number of aliphatic imine (C=N–C) groups is 1. The van der Waals surface area contributed by atoms with E-state index in [1.165, 1.54) is 5.41 Å². The van der Waals surface area contributed by atoms with E-state index in [1.807, 2.05) is 0 Å². The Morgan fingerprint density at radius 3 is 2.64 bits per heavy atom. The molecule has 2 heterocycles. The van der Waals surface area contributed by atoms with Crippen molar-refractivity contribution in [1.82, 2.24) is 4.90 Å². The second-order valence-electron chi connectivity index (χ2n) is 5.67. The quantitative estimate of drug-likeness (QED) is 0.124. The molecule has 1 unspecified atom stereocenters. The fraction of sp³-hybridized carbons (Fsp3) is 0.294. The number of carboxylic acid groups (broad SMARTS) is 1. The van der Waals surface area contributed by atoms with Gasteiger partial charge in [-0.05, 0) is 29.5 Å². The summed E-state index contributed by atoms with van der Waals surface area (Å²) in [5, 5.41) is 22.2. The van der Waals surface area contributed by atoms with Gasteiger partial charge in [-0.3, -0.25) is 14.7 Å². The number of carboxylic acids is 1. The monoisotopic (exact) mass is 430 g/mol. The van der Waals surface area contributed by atoms with E-state index in [0.717, 1.165) is 29.8 Å². The van der Waals surface area contributed by atoms with Crippen LogP contribution in [0, 0.1) is 0 Å². The first-order valence-electron chi connectivity index (χ1n) is 7.81. The van der Waals surface area contributed by atoms with Gasteiger partial charge in [-0.2, -0.15) is 0 Å². The second kappa shape index (κ2) is 9.42. The van der Waals surface area contributed by atoms with E-state index in [1.54, 1.807) is 30.3 Å². The molecule has 0 aliphatic carbocycles. The van der Waals surface area contributed by atoms with Crippen molar-refractivity contribution in [3.63, 3.8) is 0 Å². The van der Waals surface area contributed by atoms with Gasteiger partial charge in [-0.1, -0.05) is 18.2 Å². The Bertz CT molecular complexity index is 832. The SMILES string of the molecule is COC(=O)C1(C(=O)O)C=CS[C@@H]2[C@H](N=C([O-])COc3ccccc3)C(=O)N21.[K+]. The molecular weight excluding hydrogens is 415 g/mol. The number of carbonyl (C=O) groups excluding carboxylic acids is 2. The van der Waals surface area contributed by atoms with Crippen LogP contribution in [0.5, 0.6) is 5.75 Å². The van der Waals surface area contributed by atoms with E-state index < -0.39 is 40.7 Å². The molecule has 1 fully saturated rings. The number of carbonyl (C=O) groups is 3. The largest absolute Gasteiger partial charge is 1.00 e. The number of ether oxygens (including phenoxy) is 2. The average molecular weight is 430 g/mol. The molecule has 1 N–H and O–H groups in total. The minimum Gasteiger partial charge on any atom is -0.860 e. The number of thioether (sulfide) groups is 1. The Kier molecular flexibility index (Phi) is 7.70. The zero-order chi connectivity index (χ0) is 19.6. The Morgan fingerprint density at radius 2 is 2.04 bits per heavy atom. The van der Waals surface area contributed by atoms with Gasteiger partial charge >= 0.3 is 63.3 Å². The normalized spacial score (nSPS) is 25.8. The van der Waals surface area contributed by atoms with Crippen LogP contribution in [0.2, 0.25) is 0 Å². The Hall–Kier alpha value is -1.37. The number of hydrogen-bond acceptors (Lipinski definition) is 8. The Balaban J connectivity index is 0.00000280. The molecule has 3 atom stereocenters. The van der Waals surface area contributed by atoms with E-state index in [2.05, 4.69) is 9.73 Å². The minimum absolute atomic E-state index is 0. The third kappa shape index (κ3) is 4.00. The summed E-state index contributed by atoms with van der Waals surface area (Å²) in [7, 11) is 1.04. The summed E-state index contributed by atoms with van der Waals surface area (Å²) in [6.07, 6.45) is 1.09. The van der Waals surface area contributed by atoms with Gasteiger partial charge in [-0.25, -0.2) is 9.59 Å². The molecule has 0 radical (unpaired) electrons. The number of fused-ring (bicyclic) bond motifs is 1. The zero-order valence-corrected chi connectivity index (χ0v) is 19.0. The number of para-hydroxylation sites is 1. The van der Waals surface area contributed by atoms with Gasteiger partial charge < -0.3 is 19.7 Å². The Morgan fingerprint density at radius 1 is 1.36 bits per heavy atom. The summed E-state index contributed by atoms with van der Waals surface area (Å²) in [6.45, 7) is -0.359. The van der Waals surface area contributed by atoms with E-state index in [4.69, 9.17) is 4.74 Å². The van der Waals surface area contributed by atoms with Gasteiger partial charge in [0, 0.05) is 0 Å². The molecule has 1 aromatic rings. The molecule has 2 aliphatic rings. The summed E-state index contributed by atoms with van der Waals surface area (Å²) in [6, 6.07) is 7.53. The van der Waals surface area contributed by atoms with Crippen LogP contribution < -0.4 is 61.2 Å². The van der Waals surface area contributed by atoms with Crippen molar-refractivity contribution in [2.45, 2.75) is 17.0 Å². The molecule has 0 spiro atoms. The molecule has 0 aromatic heterocycles. The van der Waals surface area contributed by atoms with E-state index >= 15 is 0 Å². The van der Waals surface area contributed by atoms with Gasteiger partial charge in [0.05, 0.1) is 7.11 Å². The van der Waals surface area contributed by atoms with Crippen LogP contribution in [0.15, 0.2) is 46.8 Å². The topological polar surface area (TPSA) is 129 Å². The van der Waals surface area contributed by atoms with Crippen molar-refractivity contribution < 1.29 is 85.5 Å². The van der Waals surface area contributed by atoms with Crippen molar-refractivity contribution in [2.75, 3.05) is 13.7 Å². The number of amides is 1.